The van der Waals surface area contributed by atoms with Gasteiger partial charge in [0, 0.05) is 34.2 Å². The van der Waals surface area contributed by atoms with Crippen molar-refractivity contribution in [2.75, 3.05) is 24.7 Å². The zero-order valence-electron chi connectivity index (χ0n) is 20.8. The van der Waals surface area contributed by atoms with Gasteiger partial charge in [-0.15, -0.1) is 0 Å². The molecule has 0 aromatic rings. The number of hydrogen-bond acceptors (Lipinski definition) is 10. The molecule has 3 aliphatic rings. The van der Waals surface area contributed by atoms with Crippen molar-refractivity contribution in [3.8, 4) is 0 Å². The molecule has 3 aliphatic carbocycles. The molecular formula is C24H38N2O8S2. The number of carbonyl (C=O) groups excluding carboxylic acids is 2. The third-order valence-corrected chi connectivity index (χ3v) is 9.93. The van der Waals surface area contributed by atoms with Gasteiger partial charge in [0.2, 0.25) is 12.1 Å². The Morgan fingerprint density at radius 3 is 1.36 bits per heavy atom. The minimum atomic E-state index is -0.604. The van der Waals surface area contributed by atoms with Crippen LogP contribution in [0.5, 0.6) is 0 Å². The molecule has 12 heteroatoms. The summed E-state index contributed by atoms with van der Waals surface area (Å²) < 4.78 is 10.7. The monoisotopic (exact) mass is 546 g/mol. The van der Waals surface area contributed by atoms with Gasteiger partial charge in [-0.1, -0.05) is 12.8 Å². The summed E-state index contributed by atoms with van der Waals surface area (Å²) in [7, 11) is 0. The lowest BCUT2D eigenvalue weighted by molar-refractivity contribution is -0.536. The van der Waals surface area contributed by atoms with Gasteiger partial charge in [-0.05, 0) is 86.7 Å². The molecule has 204 valence electrons. The highest BCUT2D eigenvalue weighted by Crippen LogP contribution is 2.34. The topological polar surface area (TPSA) is 139 Å². The predicted octanol–water partition coefficient (Wildman–Crippen LogP) is 6.20. The van der Waals surface area contributed by atoms with Crippen molar-refractivity contribution in [1.82, 2.24) is 0 Å². The Morgan fingerprint density at radius 1 is 0.639 bits per heavy atom. The molecule has 3 saturated carbocycles. The van der Waals surface area contributed by atoms with Gasteiger partial charge in [0.15, 0.2) is 0 Å². The smallest absolute Gasteiger partial charge is 0.367 e. The number of thioether (sulfide) groups is 2. The molecule has 0 saturated heterocycles. The highest BCUT2D eigenvalue weighted by atomic mass is 32.2. The fraction of sp³-hybridized carbons (Fsp3) is 0.917. The van der Waals surface area contributed by atoms with E-state index in [1.165, 1.54) is 0 Å². The Morgan fingerprint density at radius 2 is 1.00 bits per heavy atom. The zero-order chi connectivity index (χ0) is 25.9. The van der Waals surface area contributed by atoms with Crippen molar-refractivity contribution in [2.24, 2.45) is 23.7 Å². The van der Waals surface area contributed by atoms with Gasteiger partial charge in [-0.3, -0.25) is 20.2 Å². The molecule has 0 amide bonds. The minimum absolute atomic E-state index is 0.130. The average molecular weight is 547 g/mol. The van der Waals surface area contributed by atoms with E-state index < -0.39 is 12.1 Å². The van der Waals surface area contributed by atoms with Gasteiger partial charge >= 0.3 is 10.6 Å². The Kier molecular flexibility index (Phi) is 12.1. The van der Waals surface area contributed by atoms with E-state index in [2.05, 4.69) is 0 Å². The van der Waals surface area contributed by atoms with Crippen LogP contribution in [0.1, 0.15) is 77.0 Å². The van der Waals surface area contributed by atoms with Crippen molar-refractivity contribution < 1.29 is 28.9 Å². The zero-order valence-corrected chi connectivity index (χ0v) is 22.4. The van der Waals surface area contributed by atoms with Crippen molar-refractivity contribution in [3.05, 3.63) is 20.2 Å². The first-order chi connectivity index (χ1) is 17.3. The summed E-state index contributed by atoms with van der Waals surface area (Å²) in [6.07, 6.45) is 10.1. The van der Waals surface area contributed by atoms with Gasteiger partial charge in [0.05, 0.1) is 11.8 Å². The van der Waals surface area contributed by atoms with Gasteiger partial charge in [-0.2, -0.15) is 0 Å². The second-order valence-corrected chi connectivity index (χ2v) is 12.3. The van der Waals surface area contributed by atoms with Gasteiger partial charge in [0.25, 0.3) is 0 Å². The maximum absolute atomic E-state index is 12.2. The Balaban J connectivity index is 1.25. The van der Waals surface area contributed by atoms with E-state index in [1.54, 1.807) is 0 Å². The second-order valence-electron chi connectivity index (χ2n) is 10.4. The highest BCUT2D eigenvalue weighted by Gasteiger charge is 2.36. The summed E-state index contributed by atoms with van der Waals surface area (Å²) in [4.78, 5) is 46.2. The van der Waals surface area contributed by atoms with E-state index in [0.29, 0.717) is 36.2 Å². The molecule has 0 aromatic heterocycles. The average Bonchev–Trinajstić information content (AvgIpc) is 2.89. The molecule has 0 radical (unpaired) electrons. The van der Waals surface area contributed by atoms with Gasteiger partial charge in [-0.25, -0.2) is 9.59 Å². The van der Waals surface area contributed by atoms with Crippen LogP contribution in [0.25, 0.3) is 0 Å². The molecule has 36 heavy (non-hydrogen) atoms. The van der Waals surface area contributed by atoms with Crippen molar-refractivity contribution in [1.29, 1.82) is 0 Å². The number of nitro groups is 2. The number of nitrogens with zero attached hydrogens (tertiary/aromatic N) is 2. The molecule has 3 fully saturated rings. The summed E-state index contributed by atoms with van der Waals surface area (Å²) in [6, 6.07) is -1.21. The van der Waals surface area contributed by atoms with Gasteiger partial charge < -0.3 is 9.47 Å². The maximum atomic E-state index is 12.2. The molecule has 3 rings (SSSR count). The molecule has 0 heterocycles. The molecule has 4 unspecified atom stereocenters. The molecule has 0 aromatic carbocycles. The fourth-order valence-electron chi connectivity index (χ4n) is 5.69. The first-order valence-corrected chi connectivity index (χ1v) is 15.2. The van der Waals surface area contributed by atoms with Crippen LogP contribution >= 0.6 is 23.5 Å². The van der Waals surface area contributed by atoms with E-state index in [9.17, 15) is 29.8 Å². The molecule has 0 N–H and O–H groups in total. The predicted molar refractivity (Wildman–Crippen MR) is 139 cm³/mol. The lowest BCUT2D eigenvalue weighted by Gasteiger charge is -2.28. The van der Waals surface area contributed by atoms with Crippen molar-refractivity contribution in [3.63, 3.8) is 0 Å². The standard InChI is InChI=1S/C24H38N2O8S2/c27-23(33-13-19-5-1-3-7-21(19)25(29)30)35-15-17-9-11-18(12-10-17)16-36-24(28)34-14-20-6-2-4-8-22(20)26(31)32/h17-22H,1-16H2. The normalized spacial score (nSPS) is 30.8. The molecule has 10 nitrogen and oxygen atoms in total. The summed E-state index contributed by atoms with van der Waals surface area (Å²) >= 11 is 2.33. The van der Waals surface area contributed by atoms with E-state index in [1.807, 2.05) is 0 Å². The number of carbonyl (C=O) groups is 2. The Labute approximate surface area is 220 Å². The third-order valence-electron chi connectivity index (χ3n) is 7.95. The van der Waals surface area contributed by atoms with Crippen molar-refractivity contribution in [2.45, 2.75) is 89.1 Å². The first-order valence-electron chi connectivity index (χ1n) is 13.2. The largest absolute Gasteiger partial charge is 0.457 e. The molecule has 4 atom stereocenters. The van der Waals surface area contributed by atoms with Crippen LogP contribution in [-0.2, 0) is 9.47 Å². The number of rotatable bonds is 10. The highest BCUT2D eigenvalue weighted by molar-refractivity contribution is 8.13. The SMILES string of the molecule is O=C(OCC1CCCCC1[N+](=O)[O-])SCC1CCC(CSC(=O)OCC2CCCCC2[N+](=O)[O-])CC1. The summed E-state index contributed by atoms with van der Waals surface area (Å²) in [5.41, 5.74) is 0. The second kappa shape index (κ2) is 15.0. The molecule has 0 bridgehead atoms. The van der Waals surface area contributed by atoms with Gasteiger partial charge in [0.1, 0.15) is 13.2 Å². The molecular weight excluding hydrogens is 508 g/mol. The molecule has 0 aliphatic heterocycles. The van der Waals surface area contributed by atoms with E-state index in [0.717, 1.165) is 87.7 Å². The van der Waals surface area contributed by atoms with Crippen LogP contribution in [0, 0.1) is 43.9 Å². The van der Waals surface area contributed by atoms with E-state index in [-0.39, 0.29) is 45.5 Å². The van der Waals surface area contributed by atoms with Crippen LogP contribution < -0.4 is 0 Å². The third kappa shape index (κ3) is 9.39. The summed E-state index contributed by atoms with van der Waals surface area (Å²) in [6.45, 7) is 0.260. The van der Waals surface area contributed by atoms with Crippen LogP contribution in [0.2, 0.25) is 0 Å². The van der Waals surface area contributed by atoms with E-state index in [4.69, 9.17) is 9.47 Å². The lowest BCUT2D eigenvalue weighted by Crippen LogP contribution is -2.35. The van der Waals surface area contributed by atoms with Crippen LogP contribution in [-0.4, -0.2) is 57.3 Å². The van der Waals surface area contributed by atoms with Crippen molar-refractivity contribution >= 4 is 34.1 Å². The minimum Gasteiger partial charge on any atom is -0.457 e. The van der Waals surface area contributed by atoms with Crippen LogP contribution in [0.15, 0.2) is 0 Å². The summed E-state index contributed by atoms with van der Waals surface area (Å²) in [5.74, 6) is 1.83. The quantitative estimate of drug-likeness (QED) is 0.177. The molecule has 0 spiro atoms. The van der Waals surface area contributed by atoms with E-state index >= 15 is 0 Å². The Bertz CT molecular complexity index is 700. The van der Waals surface area contributed by atoms with Crippen LogP contribution in [0.3, 0.4) is 0 Å². The van der Waals surface area contributed by atoms with Crippen LogP contribution in [0.4, 0.5) is 9.59 Å². The summed E-state index contributed by atoms with van der Waals surface area (Å²) in [5, 5.41) is 21.7. The Hall–Kier alpha value is -1.56. The first kappa shape index (κ1) is 29.0. The fourth-order valence-corrected chi connectivity index (χ4v) is 7.40. The maximum Gasteiger partial charge on any atom is 0.367 e. The number of hydrogen-bond donors (Lipinski definition) is 0. The lowest BCUT2D eigenvalue weighted by atomic mass is 9.84. The number of ether oxygens (including phenoxy) is 2.